The van der Waals surface area contributed by atoms with Crippen molar-refractivity contribution in [2.45, 2.75) is 18.9 Å². The number of nitrogen functional groups attached to an aromatic ring is 1. The number of hydrogen-bond acceptors (Lipinski definition) is 8. The van der Waals surface area contributed by atoms with Crippen LogP contribution in [0.3, 0.4) is 0 Å². The quantitative estimate of drug-likeness (QED) is 0.693. The first kappa shape index (κ1) is 20.7. The molecule has 0 aliphatic carbocycles. The van der Waals surface area contributed by atoms with Crippen LogP contribution in [0.15, 0.2) is 35.5 Å². The Morgan fingerprint density at radius 2 is 2.17 bits per heavy atom. The Labute approximate surface area is 172 Å². The van der Waals surface area contributed by atoms with Gasteiger partial charge >= 0.3 is 0 Å². The molecule has 154 valence electrons. The molecule has 3 N–H and O–H groups in total. The molecule has 0 saturated carbocycles. The molecule has 30 heavy (non-hydrogen) atoms. The molecule has 1 amide bonds. The molecule has 2 aromatic rings. The molecule has 9 nitrogen and oxygen atoms in total. The average molecular weight is 410 g/mol. The zero-order valence-electron chi connectivity index (χ0n) is 16.5. The van der Waals surface area contributed by atoms with E-state index < -0.39 is 29.6 Å². The number of anilines is 1. The number of carbonyl (C=O) groups excluding carboxylic acids is 1. The topological polar surface area (TPSA) is 138 Å². The minimum atomic E-state index is -1.03. The van der Waals surface area contributed by atoms with Crippen molar-refractivity contribution in [2.75, 3.05) is 19.8 Å². The molecule has 1 aromatic heterocycles. The number of aromatic nitrogens is 1. The lowest BCUT2D eigenvalue weighted by Crippen LogP contribution is -2.35. The van der Waals surface area contributed by atoms with Crippen molar-refractivity contribution < 1.29 is 18.8 Å². The summed E-state index contributed by atoms with van der Waals surface area (Å²) >= 11 is 0. The molecule has 2 atom stereocenters. The van der Waals surface area contributed by atoms with Crippen LogP contribution in [0.5, 0.6) is 5.75 Å². The molecular formula is C20H19FN6O3. The van der Waals surface area contributed by atoms with E-state index in [9.17, 15) is 14.4 Å². The van der Waals surface area contributed by atoms with Crippen LogP contribution in [0.25, 0.3) is 0 Å². The van der Waals surface area contributed by atoms with Crippen molar-refractivity contribution in [3.63, 3.8) is 0 Å². The van der Waals surface area contributed by atoms with Crippen molar-refractivity contribution in [3.8, 4) is 11.8 Å². The third kappa shape index (κ3) is 3.77. The highest BCUT2D eigenvalue weighted by atomic mass is 19.1. The number of ether oxygens (including phenoxy) is 1. The van der Waals surface area contributed by atoms with E-state index in [1.807, 2.05) is 6.07 Å². The summed E-state index contributed by atoms with van der Waals surface area (Å²) in [5.41, 5.74) is 6.67. The number of amides is 1. The first-order chi connectivity index (χ1) is 14.3. The molecule has 1 aliphatic heterocycles. The van der Waals surface area contributed by atoms with Gasteiger partial charge in [0.1, 0.15) is 29.6 Å². The first-order valence-electron chi connectivity index (χ1n) is 8.89. The van der Waals surface area contributed by atoms with E-state index in [-0.39, 0.29) is 28.4 Å². The van der Waals surface area contributed by atoms with E-state index in [1.165, 1.54) is 38.5 Å². The fourth-order valence-corrected chi connectivity index (χ4v) is 3.13. The molecule has 0 saturated heterocycles. The second kappa shape index (κ2) is 8.16. The molecule has 3 rings (SSSR count). The normalized spacial score (nSPS) is 19.6. The Balaban J connectivity index is 2.23. The number of nitrogens with one attached hydrogen (secondary N) is 1. The number of nitriles is 1. The van der Waals surface area contributed by atoms with Gasteiger partial charge in [-0.2, -0.15) is 10.3 Å². The minimum Gasteiger partial charge on any atom is -0.482 e. The number of benzene rings is 1. The molecule has 0 spiro atoms. The van der Waals surface area contributed by atoms with Crippen LogP contribution in [-0.2, 0) is 4.84 Å². The highest BCUT2D eigenvalue weighted by Crippen LogP contribution is 2.33. The molecule has 10 heteroatoms. The molecule has 2 bridgehead atoms. The minimum absolute atomic E-state index is 0.0223. The van der Waals surface area contributed by atoms with Gasteiger partial charge in [-0.25, -0.2) is 9.37 Å². The molecular weight excluding hydrogens is 391 g/mol. The SMILES string of the molecule is CN=C(C#N)C1C(=N)ON(C)C(=O)c2ccc(F)cc2C(C)Oc2cc1cnc2N. The van der Waals surface area contributed by atoms with Crippen LogP contribution < -0.4 is 10.5 Å². The Bertz CT molecular complexity index is 1090. The highest BCUT2D eigenvalue weighted by molar-refractivity contribution is 6.15. The Morgan fingerprint density at radius 1 is 1.43 bits per heavy atom. The average Bonchev–Trinajstić information content (AvgIpc) is 2.72. The summed E-state index contributed by atoms with van der Waals surface area (Å²) < 4.78 is 19.8. The zero-order valence-corrected chi connectivity index (χ0v) is 16.5. The lowest BCUT2D eigenvalue weighted by molar-refractivity contribution is -0.0277. The number of rotatable bonds is 1. The van der Waals surface area contributed by atoms with Crippen molar-refractivity contribution in [2.24, 2.45) is 4.99 Å². The van der Waals surface area contributed by atoms with E-state index in [2.05, 4.69) is 9.98 Å². The van der Waals surface area contributed by atoms with Gasteiger partial charge in [-0.15, -0.1) is 0 Å². The fourth-order valence-electron chi connectivity index (χ4n) is 3.13. The number of fused-ring (bicyclic) bond motifs is 3. The number of halogens is 1. The number of nitrogens with zero attached hydrogens (tertiary/aromatic N) is 4. The molecule has 1 aliphatic rings. The molecule has 0 radical (unpaired) electrons. The van der Waals surface area contributed by atoms with Crippen molar-refractivity contribution in [1.82, 2.24) is 10.0 Å². The van der Waals surface area contributed by atoms with Crippen LogP contribution in [0, 0.1) is 22.6 Å². The van der Waals surface area contributed by atoms with Gasteiger partial charge in [0.2, 0.25) is 5.90 Å². The second-order valence-corrected chi connectivity index (χ2v) is 6.56. The number of pyridine rings is 1. The van der Waals surface area contributed by atoms with Crippen LogP contribution in [0.4, 0.5) is 10.2 Å². The van der Waals surface area contributed by atoms with Crippen LogP contribution >= 0.6 is 0 Å². The third-order valence-electron chi connectivity index (χ3n) is 4.63. The second-order valence-electron chi connectivity index (χ2n) is 6.56. The van der Waals surface area contributed by atoms with Gasteiger partial charge < -0.3 is 15.3 Å². The summed E-state index contributed by atoms with van der Waals surface area (Å²) in [7, 11) is 2.73. The Hall–Kier alpha value is -4.00. The molecule has 0 fully saturated rings. The zero-order chi connectivity index (χ0) is 22.0. The van der Waals surface area contributed by atoms with Crippen molar-refractivity contribution >= 4 is 23.3 Å². The maximum Gasteiger partial charge on any atom is 0.286 e. The van der Waals surface area contributed by atoms with E-state index in [4.69, 9.17) is 20.7 Å². The van der Waals surface area contributed by atoms with Gasteiger partial charge in [-0.05, 0) is 36.8 Å². The van der Waals surface area contributed by atoms with Gasteiger partial charge in [0.15, 0.2) is 11.6 Å². The highest BCUT2D eigenvalue weighted by Gasteiger charge is 2.31. The van der Waals surface area contributed by atoms with E-state index in [0.717, 1.165) is 11.1 Å². The van der Waals surface area contributed by atoms with Gasteiger partial charge in [0, 0.05) is 31.4 Å². The molecule has 2 heterocycles. The molecule has 1 aromatic carbocycles. The summed E-state index contributed by atoms with van der Waals surface area (Å²) in [5, 5.41) is 18.7. The van der Waals surface area contributed by atoms with E-state index in [0.29, 0.717) is 5.56 Å². The Morgan fingerprint density at radius 3 is 2.83 bits per heavy atom. The van der Waals surface area contributed by atoms with E-state index >= 15 is 0 Å². The lowest BCUT2D eigenvalue weighted by Gasteiger charge is -2.26. The predicted octanol–water partition coefficient (Wildman–Crippen LogP) is 2.62. The van der Waals surface area contributed by atoms with Crippen molar-refractivity contribution in [3.05, 3.63) is 53.0 Å². The summed E-state index contributed by atoms with van der Waals surface area (Å²) in [6.45, 7) is 1.64. The summed E-state index contributed by atoms with van der Waals surface area (Å²) in [5.74, 6) is -2.41. The number of nitrogens with two attached hydrogens (primary N) is 1. The monoisotopic (exact) mass is 410 g/mol. The lowest BCUT2D eigenvalue weighted by atomic mass is 9.95. The summed E-state index contributed by atoms with van der Waals surface area (Å²) in [6, 6.07) is 7.10. The maximum atomic E-state index is 13.9. The van der Waals surface area contributed by atoms with Gasteiger partial charge in [-0.1, -0.05) is 0 Å². The first-order valence-corrected chi connectivity index (χ1v) is 8.89. The third-order valence-corrected chi connectivity index (χ3v) is 4.63. The van der Waals surface area contributed by atoms with Gasteiger partial charge in [0.25, 0.3) is 5.91 Å². The summed E-state index contributed by atoms with van der Waals surface area (Å²) in [4.78, 5) is 26.4. The van der Waals surface area contributed by atoms with Crippen LogP contribution in [0.1, 0.15) is 40.4 Å². The number of aliphatic imine (C=N–C) groups is 1. The Kier molecular flexibility index (Phi) is 5.64. The van der Waals surface area contributed by atoms with E-state index in [1.54, 1.807) is 6.92 Å². The number of carbonyl (C=O) groups is 1. The predicted molar refractivity (Wildman–Crippen MR) is 107 cm³/mol. The van der Waals surface area contributed by atoms with Gasteiger partial charge in [-0.3, -0.25) is 15.2 Å². The molecule has 2 unspecified atom stereocenters. The maximum absolute atomic E-state index is 13.9. The van der Waals surface area contributed by atoms with Crippen molar-refractivity contribution in [1.29, 1.82) is 10.7 Å². The van der Waals surface area contributed by atoms with Crippen LogP contribution in [0.2, 0.25) is 0 Å². The number of hydroxylamine groups is 2. The van der Waals surface area contributed by atoms with Crippen LogP contribution in [-0.4, -0.2) is 41.7 Å². The smallest absolute Gasteiger partial charge is 0.286 e. The number of hydrogen-bond donors (Lipinski definition) is 2. The standard InChI is InChI=1S/C20H19FN6O3/c1-10-14-7-12(21)4-5-13(14)20(28)27(3)30-19(24)17(15(8-22)25-2)11-6-16(29-10)18(23)26-9-11/h4-7,9-10,17,24H,1-3H3,(H2,23,26). The summed E-state index contributed by atoms with van der Waals surface area (Å²) in [6.07, 6.45) is 0.610. The fraction of sp³-hybridized carbons (Fsp3) is 0.250. The van der Waals surface area contributed by atoms with Gasteiger partial charge in [0.05, 0.1) is 0 Å². The largest absolute Gasteiger partial charge is 0.482 e.